The lowest BCUT2D eigenvalue weighted by Gasteiger charge is -2.65. The Kier molecular flexibility index (Phi) is 6.90. The summed E-state index contributed by atoms with van der Waals surface area (Å²) in [7, 11) is 0. The van der Waals surface area contributed by atoms with E-state index in [9.17, 15) is 30.3 Å². The summed E-state index contributed by atoms with van der Waals surface area (Å²) in [5.74, 6) is -3.45. The van der Waals surface area contributed by atoms with Crippen molar-refractivity contribution in [2.75, 3.05) is 0 Å². The zero-order valence-electron chi connectivity index (χ0n) is 32.2. The fourth-order valence-electron chi connectivity index (χ4n) is 14.0. The molecule has 9 rings (SSSR count). The van der Waals surface area contributed by atoms with Crippen molar-refractivity contribution in [2.24, 2.45) is 34.5 Å². The summed E-state index contributed by atoms with van der Waals surface area (Å²) in [6.07, 6.45) is 2.72. The molecule has 1 aromatic heterocycles. The molecule has 7 aliphatic rings. The van der Waals surface area contributed by atoms with Gasteiger partial charge in [-0.15, -0.1) is 0 Å². The maximum atomic E-state index is 12.4. The van der Waals surface area contributed by atoms with Gasteiger partial charge < -0.3 is 39.6 Å². The molecule has 282 valence electrons. The standard InChI is InChI=1S/C43H57NO8/c1-19(2)31-35(47)29-28-22(25-17-38(4,5)52-39(6,7)30(25)34(28)46)16-23-24-15-21-11-12-27-40(8,42(21,10)36(24)44(31)32(23)29)13-14-43(50)41(27,9)18-26(51-43)33(45)20(3)37(48)49/h16-17,20-21,26-27,30-31,33-35,45-47,50H,1,11-15,18H2,2-10H3,(H,48,49). The van der Waals surface area contributed by atoms with E-state index in [1.165, 1.54) is 18.2 Å². The van der Waals surface area contributed by atoms with E-state index >= 15 is 0 Å². The lowest BCUT2D eigenvalue weighted by atomic mass is 9.40. The molecule has 52 heavy (non-hydrogen) atoms. The van der Waals surface area contributed by atoms with Gasteiger partial charge in [-0.05, 0) is 125 Å². The topological polar surface area (TPSA) is 142 Å². The zero-order valence-corrected chi connectivity index (χ0v) is 32.2. The third kappa shape index (κ3) is 3.88. The highest BCUT2D eigenvalue weighted by Crippen LogP contribution is 2.75. The minimum Gasteiger partial charge on any atom is -0.481 e. The molecule has 9 nitrogen and oxygen atoms in total. The van der Waals surface area contributed by atoms with Gasteiger partial charge in [-0.25, -0.2) is 0 Å². The first kappa shape index (κ1) is 35.2. The largest absolute Gasteiger partial charge is 0.481 e. The Hall–Kier alpha value is -2.53. The first-order chi connectivity index (χ1) is 24.0. The van der Waals surface area contributed by atoms with E-state index in [-0.39, 0.29) is 28.7 Å². The van der Waals surface area contributed by atoms with Gasteiger partial charge in [0.25, 0.3) is 0 Å². The van der Waals surface area contributed by atoms with Crippen LogP contribution in [0.3, 0.4) is 0 Å². The number of aliphatic hydroxyl groups is 4. The fraction of sp³-hybridized carbons (Fsp3) is 0.698. The van der Waals surface area contributed by atoms with Crippen LogP contribution < -0.4 is 0 Å². The number of nitrogens with zero attached hydrogens (tertiary/aromatic N) is 1. The minimum absolute atomic E-state index is 0.0348. The maximum Gasteiger partial charge on any atom is 0.308 e. The normalized spacial score (nSPS) is 44.2. The van der Waals surface area contributed by atoms with E-state index in [1.54, 1.807) is 0 Å². The molecule has 0 spiro atoms. The van der Waals surface area contributed by atoms with Gasteiger partial charge in [0.05, 0.1) is 47.0 Å². The number of aromatic nitrogens is 1. The Labute approximate surface area is 306 Å². The van der Waals surface area contributed by atoms with Crippen LogP contribution in [-0.4, -0.2) is 65.3 Å². The average Bonchev–Trinajstić information content (AvgIpc) is 3.77. The molecule has 1 aromatic carbocycles. The van der Waals surface area contributed by atoms with Crippen molar-refractivity contribution >= 4 is 22.4 Å². The molecular weight excluding hydrogens is 658 g/mol. The van der Waals surface area contributed by atoms with E-state index in [4.69, 9.17) is 9.47 Å². The van der Waals surface area contributed by atoms with Crippen LogP contribution >= 0.6 is 0 Å². The highest BCUT2D eigenvalue weighted by atomic mass is 16.6. The molecule has 13 unspecified atom stereocenters. The van der Waals surface area contributed by atoms with Crippen LogP contribution in [0.2, 0.25) is 0 Å². The Morgan fingerprint density at radius 1 is 1.02 bits per heavy atom. The second kappa shape index (κ2) is 10.2. The molecule has 9 heteroatoms. The van der Waals surface area contributed by atoms with Crippen molar-refractivity contribution in [3.8, 4) is 0 Å². The molecule has 0 radical (unpaired) electrons. The number of ether oxygens (including phenoxy) is 2. The van der Waals surface area contributed by atoms with Crippen molar-refractivity contribution < 1.29 is 39.8 Å². The van der Waals surface area contributed by atoms with Crippen LogP contribution in [0.15, 0.2) is 24.3 Å². The van der Waals surface area contributed by atoms with E-state index in [2.05, 4.69) is 71.8 Å². The molecule has 1 saturated heterocycles. The van der Waals surface area contributed by atoms with E-state index in [1.807, 2.05) is 6.92 Å². The van der Waals surface area contributed by atoms with Crippen molar-refractivity contribution in [3.05, 3.63) is 52.2 Å². The zero-order chi connectivity index (χ0) is 37.6. The number of carboxylic acids is 1. The van der Waals surface area contributed by atoms with Crippen LogP contribution in [-0.2, 0) is 26.1 Å². The SMILES string of the molecule is C=C(C)C1C(O)c2c3c(cc4c5c(n1c24)C1(C)C(CCC2C4(C)CC(C(O)C(C)C(=O)O)OC4(O)CCC21C)C5)C1=CC(C)(C)OC(C)(C)C1C3O. The lowest BCUT2D eigenvalue weighted by molar-refractivity contribution is -0.301. The summed E-state index contributed by atoms with van der Waals surface area (Å²) in [6, 6.07) is 1.92. The maximum absolute atomic E-state index is 12.4. The van der Waals surface area contributed by atoms with Gasteiger partial charge in [-0.1, -0.05) is 32.9 Å². The molecule has 4 aliphatic carbocycles. The number of aliphatic hydroxyl groups excluding tert-OH is 3. The van der Waals surface area contributed by atoms with E-state index < -0.39 is 58.7 Å². The quantitative estimate of drug-likeness (QED) is 0.222. The Balaban J connectivity index is 1.24. The third-order valence-corrected chi connectivity index (χ3v) is 16.3. The summed E-state index contributed by atoms with van der Waals surface area (Å²) in [5, 5.41) is 58.9. The Morgan fingerprint density at radius 2 is 1.71 bits per heavy atom. The van der Waals surface area contributed by atoms with Crippen LogP contribution in [0, 0.1) is 34.5 Å². The molecule has 4 heterocycles. The number of aliphatic carboxylic acids is 1. The molecule has 2 saturated carbocycles. The number of carboxylic acid groups (broad SMARTS) is 1. The minimum atomic E-state index is -1.47. The highest BCUT2D eigenvalue weighted by Gasteiger charge is 2.73. The second-order valence-corrected chi connectivity index (χ2v) is 19.7. The molecule has 13 atom stereocenters. The summed E-state index contributed by atoms with van der Waals surface area (Å²) in [5.41, 5.74) is 5.77. The number of hydrogen-bond acceptors (Lipinski definition) is 7. The molecule has 2 aromatic rings. The van der Waals surface area contributed by atoms with Crippen molar-refractivity contribution in [1.29, 1.82) is 0 Å². The van der Waals surface area contributed by atoms with Gasteiger partial charge in [0.15, 0.2) is 5.79 Å². The number of rotatable bonds is 4. The molecule has 3 fully saturated rings. The Morgan fingerprint density at radius 3 is 2.37 bits per heavy atom. The summed E-state index contributed by atoms with van der Waals surface area (Å²) < 4.78 is 15.3. The Bertz CT molecular complexity index is 2010. The molecule has 0 bridgehead atoms. The van der Waals surface area contributed by atoms with Crippen LogP contribution in [0.25, 0.3) is 16.5 Å². The van der Waals surface area contributed by atoms with E-state index in [0.717, 1.165) is 58.0 Å². The van der Waals surface area contributed by atoms with Crippen LogP contribution in [0.1, 0.15) is 141 Å². The van der Waals surface area contributed by atoms with Gasteiger partial charge in [0.2, 0.25) is 0 Å². The van der Waals surface area contributed by atoms with E-state index in [0.29, 0.717) is 25.2 Å². The predicted molar refractivity (Wildman–Crippen MR) is 196 cm³/mol. The monoisotopic (exact) mass is 715 g/mol. The molecule has 0 amide bonds. The van der Waals surface area contributed by atoms with Crippen molar-refractivity contribution in [1.82, 2.24) is 4.57 Å². The lowest BCUT2D eigenvalue weighted by Crippen LogP contribution is -2.65. The van der Waals surface area contributed by atoms with Gasteiger partial charge in [0, 0.05) is 39.8 Å². The van der Waals surface area contributed by atoms with Crippen LogP contribution in [0.4, 0.5) is 0 Å². The predicted octanol–water partition coefficient (Wildman–Crippen LogP) is 6.65. The number of carbonyl (C=O) groups is 1. The fourth-order valence-corrected chi connectivity index (χ4v) is 14.0. The van der Waals surface area contributed by atoms with Gasteiger partial charge >= 0.3 is 5.97 Å². The summed E-state index contributed by atoms with van der Waals surface area (Å²) >= 11 is 0. The molecule has 3 aliphatic heterocycles. The second-order valence-electron chi connectivity index (χ2n) is 19.7. The number of fused-ring (bicyclic) bond motifs is 13. The number of hydrogen-bond donors (Lipinski definition) is 5. The first-order valence-electron chi connectivity index (χ1n) is 19.5. The van der Waals surface area contributed by atoms with Gasteiger partial charge in [-0.3, -0.25) is 4.79 Å². The molecule has 5 N–H and O–H groups in total. The number of benzene rings is 1. The van der Waals surface area contributed by atoms with Gasteiger partial charge in [0.1, 0.15) is 6.10 Å². The van der Waals surface area contributed by atoms with Crippen LogP contribution in [0.5, 0.6) is 0 Å². The van der Waals surface area contributed by atoms with Crippen molar-refractivity contribution in [2.45, 2.75) is 154 Å². The smallest absolute Gasteiger partial charge is 0.308 e. The van der Waals surface area contributed by atoms with Gasteiger partial charge in [-0.2, -0.15) is 0 Å². The highest BCUT2D eigenvalue weighted by molar-refractivity contribution is 5.98. The summed E-state index contributed by atoms with van der Waals surface area (Å²) in [4.78, 5) is 11.9. The first-order valence-corrected chi connectivity index (χ1v) is 19.5. The average molecular weight is 716 g/mol. The summed E-state index contributed by atoms with van der Waals surface area (Å²) in [6.45, 7) is 23.1. The molecular formula is C43H57NO8. The van der Waals surface area contributed by atoms with Crippen molar-refractivity contribution in [3.63, 3.8) is 0 Å². The third-order valence-electron chi connectivity index (χ3n) is 16.3.